The first kappa shape index (κ1) is 20.7. The van der Waals surface area contributed by atoms with Crippen molar-refractivity contribution < 1.29 is 18.6 Å². The standard InChI is InChI=1S/C16H28NO4PS/c1-4-19-16(20-5-2)22(18,21-6-3)15(17)13-23-12-14-10-8-7-9-11-14/h7-11,15-16H,4-6,12-13,17H2,1-3H3. The van der Waals surface area contributed by atoms with Crippen LogP contribution in [0.3, 0.4) is 0 Å². The Balaban J connectivity index is 2.67. The largest absolute Gasteiger partial charge is 0.345 e. The Morgan fingerprint density at radius 2 is 1.70 bits per heavy atom. The molecule has 0 aromatic heterocycles. The van der Waals surface area contributed by atoms with Crippen molar-refractivity contribution in [1.29, 1.82) is 0 Å². The third-order valence-corrected chi connectivity index (χ3v) is 7.14. The van der Waals surface area contributed by atoms with Crippen LogP contribution in [-0.2, 0) is 24.3 Å². The predicted octanol–water partition coefficient (Wildman–Crippen LogP) is 3.88. The molecule has 0 bridgehead atoms. The van der Waals surface area contributed by atoms with Crippen LogP contribution >= 0.6 is 19.1 Å². The lowest BCUT2D eigenvalue weighted by atomic mass is 10.2. The first-order valence-electron chi connectivity index (χ1n) is 7.92. The molecule has 0 aliphatic heterocycles. The summed E-state index contributed by atoms with van der Waals surface area (Å²) >= 11 is 1.63. The van der Waals surface area contributed by atoms with Crippen molar-refractivity contribution >= 4 is 19.1 Å². The van der Waals surface area contributed by atoms with Crippen LogP contribution in [0.4, 0.5) is 0 Å². The third kappa shape index (κ3) is 6.57. The highest BCUT2D eigenvalue weighted by Gasteiger charge is 2.41. The Labute approximate surface area is 143 Å². The zero-order chi connectivity index (χ0) is 17.1. The fourth-order valence-electron chi connectivity index (χ4n) is 2.03. The van der Waals surface area contributed by atoms with Crippen LogP contribution < -0.4 is 5.73 Å². The second-order valence-corrected chi connectivity index (χ2v) is 8.51. The number of ether oxygens (including phenoxy) is 2. The second kappa shape index (κ2) is 11.2. The maximum Gasteiger partial charge on any atom is 0.274 e. The SMILES string of the molecule is CCOC(OCC)P(=O)(OCC)C(N)CSCc1ccccc1. The van der Waals surface area contributed by atoms with Gasteiger partial charge in [0.1, 0.15) is 0 Å². The molecule has 2 unspecified atom stereocenters. The summed E-state index contributed by atoms with van der Waals surface area (Å²) in [5.74, 6) is 0.705. The van der Waals surface area contributed by atoms with E-state index in [-0.39, 0.29) is 0 Å². The summed E-state index contributed by atoms with van der Waals surface area (Å²) in [5.41, 5.74) is 7.41. The van der Waals surface area contributed by atoms with Gasteiger partial charge in [0.05, 0.1) is 12.4 Å². The highest BCUT2D eigenvalue weighted by molar-refractivity contribution is 7.98. The van der Waals surface area contributed by atoms with Gasteiger partial charge in [-0.1, -0.05) is 30.3 Å². The van der Waals surface area contributed by atoms with E-state index in [0.29, 0.717) is 25.6 Å². The van der Waals surface area contributed by atoms with Gasteiger partial charge in [0, 0.05) is 24.7 Å². The minimum absolute atomic E-state index is 0.310. The van der Waals surface area contributed by atoms with E-state index in [1.165, 1.54) is 5.56 Å². The molecule has 0 saturated heterocycles. The smallest absolute Gasteiger partial charge is 0.274 e. The van der Waals surface area contributed by atoms with Crippen LogP contribution in [0.15, 0.2) is 30.3 Å². The number of thioether (sulfide) groups is 1. The number of benzene rings is 1. The Hall–Kier alpha value is -0.360. The summed E-state index contributed by atoms with van der Waals surface area (Å²) in [6.45, 7) is 6.56. The molecular formula is C16H28NO4PS. The molecule has 0 heterocycles. The summed E-state index contributed by atoms with van der Waals surface area (Å²) in [4.78, 5) is 0. The van der Waals surface area contributed by atoms with Crippen LogP contribution in [0.25, 0.3) is 0 Å². The van der Waals surface area contributed by atoms with Gasteiger partial charge in [-0.05, 0) is 26.3 Å². The van der Waals surface area contributed by atoms with Gasteiger partial charge in [-0.3, -0.25) is 4.57 Å². The third-order valence-electron chi connectivity index (χ3n) is 3.11. The summed E-state index contributed by atoms with van der Waals surface area (Å²) in [7, 11) is -3.26. The van der Waals surface area contributed by atoms with Gasteiger partial charge < -0.3 is 19.7 Å². The Morgan fingerprint density at radius 1 is 1.09 bits per heavy atom. The molecule has 1 aromatic rings. The van der Waals surface area contributed by atoms with Gasteiger partial charge in [0.2, 0.25) is 6.03 Å². The van der Waals surface area contributed by atoms with E-state index in [0.717, 1.165) is 5.75 Å². The molecule has 0 radical (unpaired) electrons. The van der Waals surface area contributed by atoms with Gasteiger partial charge in [-0.25, -0.2) is 0 Å². The lowest BCUT2D eigenvalue weighted by molar-refractivity contribution is -0.0895. The lowest BCUT2D eigenvalue weighted by Crippen LogP contribution is -2.33. The van der Waals surface area contributed by atoms with Crippen molar-refractivity contribution in [2.24, 2.45) is 5.73 Å². The molecule has 0 aliphatic rings. The molecule has 0 spiro atoms. The van der Waals surface area contributed by atoms with Crippen LogP contribution in [-0.4, -0.2) is 37.4 Å². The highest BCUT2D eigenvalue weighted by Crippen LogP contribution is 2.56. The lowest BCUT2D eigenvalue weighted by Gasteiger charge is -2.30. The normalized spacial score (nSPS) is 15.5. The summed E-state index contributed by atoms with van der Waals surface area (Å²) < 4.78 is 29.7. The molecule has 0 aliphatic carbocycles. The van der Waals surface area contributed by atoms with Crippen molar-refractivity contribution in [2.45, 2.75) is 38.3 Å². The average Bonchev–Trinajstić information content (AvgIpc) is 2.55. The Kier molecular flexibility index (Phi) is 10.1. The molecule has 1 rings (SSSR count). The summed E-state index contributed by atoms with van der Waals surface area (Å²) in [5, 5.41) is 0. The van der Waals surface area contributed by atoms with Crippen molar-refractivity contribution in [1.82, 2.24) is 0 Å². The van der Waals surface area contributed by atoms with Crippen molar-refractivity contribution in [3.8, 4) is 0 Å². The molecule has 2 atom stereocenters. The second-order valence-electron chi connectivity index (χ2n) is 4.85. The zero-order valence-corrected chi connectivity index (χ0v) is 15.9. The van der Waals surface area contributed by atoms with E-state index in [1.54, 1.807) is 18.7 Å². The van der Waals surface area contributed by atoms with E-state index in [4.69, 9.17) is 19.7 Å². The van der Waals surface area contributed by atoms with E-state index < -0.39 is 19.2 Å². The molecule has 2 N–H and O–H groups in total. The molecule has 23 heavy (non-hydrogen) atoms. The number of nitrogens with two attached hydrogens (primary N) is 1. The fourth-order valence-corrected chi connectivity index (χ4v) is 5.71. The van der Waals surface area contributed by atoms with E-state index in [2.05, 4.69) is 12.1 Å². The quantitative estimate of drug-likeness (QED) is 0.450. The summed E-state index contributed by atoms with van der Waals surface area (Å²) in [6.07, 6.45) is 0. The van der Waals surface area contributed by atoms with Gasteiger partial charge in [0.15, 0.2) is 0 Å². The predicted molar refractivity (Wildman–Crippen MR) is 96.9 cm³/mol. The first-order chi connectivity index (χ1) is 11.1. The van der Waals surface area contributed by atoms with Gasteiger partial charge >= 0.3 is 0 Å². The fraction of sp³-hybridized carbons (Fsp3) is 0.625. The minimum Gasteiger partial charge on any atom is -0.345 e. The van der Waals surface area contributed by atoms with Crippen molar-refractivity contribution in [2.75, 3.05) is 25.6 Å². The topological polar surface area (TPSA) is 70.8 Å². The van der Waals surface area contributed by atoms with Crippen LogP contribution in [0.2, 0.25) is 0 Å². The molecule has 0 saturated carbocycles. The Morgan fingerprint density at radius 3 is 2.22 bits per heavy atom. The van der Waals surface area contributed by atoms with Crippen LogP contribution in [0.5, 0.6) is 0 Å². The molecule has 1 aromatic carbocycles. The molecule has 0 amide bonds. The van der Waals surface area contributed by atoms with E-state index in [1.807, 2.05) is 32.0 Å². The molecule has 7 heteroatoms. The van der Waals surface area contributed by atoms with E-state index in [9.17, 15) is 4.57 Å². The molecule has 0 fully saturated rings. The van der Waals surface area contributed by atoms with Crippen LogP contribution in [0.1, 0.15) is 26.3 Å². The Bertz CT molecular complexity index is 468. The first-order valence-corrected chi connectivity index (χ1v) is 10.8. The van der Waals surface area contributed by atoms with Crippen LogP contribution in [0, 0.1) is 0 Å². The van der Waals surface area contributed by atoms with Crippen molar-refractivity contribution in [3.05, 3.63) is 35.9 Å². The average molecular weight is 361 g/mol. The monoisotopic (exact) mass is 361 g/mol. The van der Waals surface area contributed by atoms with Crippen molar-refractivity contribution in [3.63, 3.8) is 0 Å². The maximum absolute atomic E-state index is 13.2. The zero-order valence-electron chi connectivity index (χ0n) is 14.1. The molecular weight excluding hydrogens is 333 g/mol. The summed E-state index contributed by atoms with van der Waals surface area (Å²) in [6, 6.07) is 9.21. The molecule has 5 nitrogen and oxygen atoms in total. The maximum atomic E-state index is 13.2. The highest BCUT2D eigenvalue weighted by atomic mass is 32.2. The minimum atomic E-state index is -3.26. The number of rotatable bonds is 12. The van der Waals surface area contributed by atoms with E-state index >= 15 is 0 Å². The van der Waals surface area contributed by atoms with Gasteiger partial charge in [-0.2, -0.15) is 11.8 Å². The van der Waals surface area contributed by atoms with Gasteiger partial charge in [-0.15, -0.1) is 0 Å². The number of hydrogen-bond acceptors (Lipinski definition) is 6. The molecule has 132 valence electrons. The van der Waals surface area contributed by atoms with Gasteiger partial charge in [0.25, 0.3) is 7.37 Å². The number of hydrogen-bond donors (Lipinski definition) is 1.